The molecule has 0 bridgehead atoms. The van der Waals surface area contributed by atoms with Crippen molar-refractivity contribution >= 4 is 5.69 Å². The zero-order valence-corrected chi connectivity index (χ0v) is 10.9. The number of pyridine rings is 3. The Bertz CT molecular complexity index is 718. The minimum Gasteiger partial charge on any atom is -0.264 e. The van der Waals surface area contributed by atoms with E-state index in [1.807, 2.05) is 0 Å². The van der Waals surface area contributed by atoms with E-state index in [2.05, 4.69) is 15.0 Å². The van der Waals surface area contributed by atoms with Gasteiger partial charge in [0.2, 0.25) is 0 Å². The Morgan fingerprint density at radius 2 is 1.33 bits per heavy atom. The normalized spacial score (nSPS) is 10.3. The van der Waals surface area contributed by atoms with Crippen LogP contribution >= 0.6 is 0 Å². The molecule has 0 N–H and O–H groups in total. The number of hydrogen-bond donors (Lipinski definition) is 0. The van der Waals surface area contributed by atoms with Crippen molar-refractivity contribution in [1.29, 1.82) is 0 Å². The van der Waals surface area contributed by atoms with Gasteiger partial charge in [0.15, 0.2) is 0 Å². The van der Waals surface area contributed by atoms with Crippen molar-refractivity contribution in [3.63, 3.8) is 0 Å². The highest BCUT2D eigenvalue weighted by molar-refractivity contribution is 5.84. The second-order valence-electron chi connectivity index (χ2n) is 4.32. The van der Waals surface area contributed by atoms with E-state index in [1.54, 1.807) is 49.1 Å². The second-order valence-corrected chi connectivity index (χ2v) is 4.32. The lowest BCUT2D eigenvalue weighted by Crippen LogP contribution is -1.97. The van der Waals surface area contributed by atoms with Crippen LogP contribution in [0.5, 0.6) is 0 Å². The standard InChI is InChI=1S/C15H10N4O2/c20-19(21)15-13(11-3-1-5-16-7-11)9-18-10-14(15)12-4-2-6-17-8-12/h1-10H. The molecule has 0 spiro atoms. The third kappa shape index (κ3) is 2.46. The number of hydrogen-bond acceptors (Lipinski definition) is 5. The van der Waals surface area contributed by atoms with Gasteiger partial charge in [0.25, 0.3) is 5.69 Å². The Morgan fingerprint density at radius 1 is 0.810 bits per heavy atom. The second kappa shape index (κ2) is 5.46. The van der Waals surface area contributed by atoms with E-state index in [4.69, 9.17) is 0 Å². The van der Waals surface area contributed by atoms with Gasteiger partial charge < -0.3 is 0 Å². The Labute approximate surface area is 120 Å². The van der Waals surface area contributed by atoms with E-state index >= 15 is 0 Å². The first-order valence-corrected chi connectivity index (χ1v) is 6.20. The summed E-state index contributed by atoms with van der Waals surface area (Å²) in [6, 6.07) is 7.00. The average molecular weight is 278 g/mol. The van der Waals surface area contributed by atoms with E-state index in [0.717, 1.165) is 0 Å². The fourth-order valence-corrected chi connectivity index (χ4v) is 2.12. The molecule has 3 rings (SSSR count). The van der Waals surface area contributed by atoms with Crippen LogP contribution in [0.2, 0.25) is 0 Å². The summed E-state index contributed by atoms with van der Waals surface area (Å²) in [5, 5.41) is 11.5. The molecule has 0 fully saturated rings. The Hall–Kier alpha value is -3.15. The zero-order chi connectivity index (χ0) is 14.7. The molecule has 0 amide bonds. The van der Waals surface area contributed by atoms with Gasteiger partial charge in [-0.2, -0.15) is 0 Å². The van der Waals surface area contributed by atoms with Crippen LogP contribution in [-0.4, -0.2) is 19.9 Å². The average Bonchev–Trinajstić information content (AvgIpc) is 2.55. The van der Waals surface area contributed by atoms with Crippen molar-refractivity contribution in [3.05, 3.63) is 71.6 Å². The van der Waals surface area contributed by atoms with Gasteiger partial charge in [0, 0.05) is 48.3 Å². The highest BCUT2D eigenvalue weighted by atomic mass is 16.6. The van der Waals surface area contributed by atoms with E-state index in [9.17, 15) is 10.1 Å². The molecule has 0 aliphatic rings. The van der Waals surface area contributed by atoms with Crippen molar-refractivity contribution in [2.24, 2.45) is 0 Å². The van der Waals surface area contributed by atoms with Crippen LogP contribution in [0.3, 0.4) is 0 Å². The van der Waals surface area contributed by atoms with Crippen LogP contribution in [0.4, 0.5) is 5.69 Å². The number of aromatic nitrogens is 3. The molecule has 0 atom stereocenters. The van der Waals surface area contributed by atoms with Gasteiger partial charge >= 0.3 is 0 Å². The molecule has 3 aromatic rings. The van der Waals surface area contributed by atoms with Gasteiger partial charge in [0.1, 0.15) is 0 Å². The first-order chi connectivity index (χ1) is 10.3. The SMILES string of the molecule is O=[N+]([O-])c1c(-c2cccnc2)cncc1-c1cccnc1. The Kier molecular flexibility index (Phi) is 3.34. The maximum atomic E-state index is 11.5. The van der Waals surface area contributed by atoms with Gasteiger partial charge in [-0.25, -0.2) is 0 Å². The minimum absolute atomic E-state index is 0.00556. The molecule has 6 heteroatoms. The summed E-state index contributed by atoms with van der Waals surface area (Å²) in [6.45, 7) is 0. The molecule has 0 saturated carbocycles. The van der Waals surface area contributed by atoms with Crippen LogP contribution in [0.1, 0.15) is 0 Å². The summed E-state index contributed by atoms with van der Waals surface area (Å²) < 4.78 is 0. The lowest BCUT2D eigenvalue weighted by molar-refractivity contribution is -0.383. The largest absolute Gasteiger partial charge is 0.288 e. The van der Waals surface area contributed by atoms with Crippen LogP contribution in [0, 0.1) is 10.1 Å². The summed E-state index contributed by atoms with van der Waals surface area (Å²) in [4.78, 5) is 23.3. The van der Waals surface area contributed by atoms with E-state index in [-0.39, 0.29) is 5.69 Å². The third-order valence-corrected chi connectivity index (χ3v) is 3.05. The summed E-state index contributed by atoms with van der Waals surface area (Å²) >= 11 is 0. The Morgan fingerprint density at radius 3 is 1.71 bits per heavy atom. The number of nitrogens with zero attached hydrogens (tertiary/aromatic N) is 4. The van der Waals surface area contributed by atoms with Gasteiger partial charge in [-0.3, -0.25) is 25.1 Å². The predicted octanol–water partition coefficient (Wildman–Crippen LogP) is 3.11. The molecule has 3 aromatic heterocycles. The Balaban J connectivity index is 2.26. The van der Waals surface area contributed by atoms with E-state index in [0.29, 0.717) is 22.3 Å². The fraction of sp³-hybridized carbons (Fsp3) is 0. The lowest BCUT2D eigenvalue weighted by Gasteiger charge is -2.07. The highest BCUT2D eigenvalue weighted by Crippen LogP contribution is 2.36. The molecule has 0 unspecified atom stereocenters. The maximum absolute atomic E-state index is 11.5. The quantitative estimate of drug-likeness (QED) is 0.543. The zero-order valence-electron chi connectivity index (χ0n) is 10.9. The third-order valence-electron chi connectivity index (χ3n) is 3.05. The monoisotopic (exact) mass is 278 g/mol. The first kappa shape index (κ1) is 12.9. The molecule has 0 aliphatic carbocycles. The number of rotatable bonds is 3. The summed E-state index contributed by atoms with van der Waals surface area (Å²) in [6.07, 6.45) is 9.36. The maximum Gasteiger partial charge on any atom is 0.288 e. The predicted molar refractivity (Wildman–Crippen MR) is 77.4 cm³/mol. The van der Waals surface area contributed by atoms with Crippen molar-refractivity contribution in [2.45, 2.75) is 0 Å². The minimum atomic E-state index is -0.396. The summed E-state index contributed by atoms with van der Waals surface area (Å²) in [7, 11) is 0. The molecule has 102 valence electrons. The summed E-state index contributed by atoms with van der Waals surface area (Å²) in [5.41, 5.74) is 2.19. The molecule has 21 heavy (non-hydrogen) atoms. The van der Waals surface area contributed by atoms with Crippen molar-refractivity contribution in [3.8, 4) is 22.3 Å². The first-order valence-electron chi connectivity index (χ1n) is 6.20. The molecule has 0 saturated heterocycles. The van der Waals surface area contributed by atoms with Crippen molar-refractivity contribution in [1.82, 2.24) is 15.0 Å². The van der Waals surface area contributed by atoms with Crippen LogP contribution in [0.25, 0.3) is 22.3 Å². The number of nitro groups is 1. The van der Waals surface area contributed by atoms with Crippen LogP contribution in [0.15, 0.2) is 61.4 Å². The van der Waals surface area contributed by atoms with E-state index in [1.165, 1.54) is 12.4 Å². The van der Waals surface area contributed by atoms with Gasteiger partial charge in [-0.15, -0.1) is 0 Å². The highest BCUT2D eigenvalue weighted by Gasteiger charge is 2.22. The topological polar surface area (TPSA) is 81.8 Å². The summed E-state index contributed by atoms with van der Waals surface area (Å²) in [5.74, 6) is 0. The molecular formula is C15H10N4O2. The van der Waals surface area contributed by atoms with Gasteiger partial charge in [-0.05, 0) is 12.1 Å². The van der Waals surface area contributed by atoms with Crippen LogP contribution in [-0.2, 0) is 0 Å². The molecule has 3 heterocycles. The van der Waals surface area contributed by atoms with Crippen molar-refractivity contribution < 1.29 is 4.92 Å². The molecule has 0 radical (unpaired) electrons. The van der Waals surface area contributed by atoms with E-state index < -0.39 is 4.92 Å². The van der Waals surface area contributed by atoms with Gasteiger partial charge in [-0.1, -0.05) is 12.1 Å². The lowest BCUT2D eigenvalue weighted by atomic mass is 10.0. The van der Waals surface area contributed by atoms with Gasteiger partial charge in [0.05, 0.1) is 16.1 Å². The molecule has 0 aromatic carbocycles. The fourth-order valence-electron chi connectivity index (χ4n) is 2.12. The smallest absolute Gasteiger partial charge is 0.264 e. The molecule has 6 nitrogen and oxygen atoms in total. The van der Waals surface area contributed by atoms with Crippen LogP contribution < -0.4 is 0 Å². The molecular weight excluding hydrogens is 268 g/mol. The van der Waals surface area contributed by atoms with Crippen molar-refractivity contribution in [2.75, 3.05) is 0 Å². The molecule has 0 aliphatic heterocycles.